The zero-order valence-electron chi connectivity index (χ0n) is 7.33. The average Bonchev–Trinajstić information content (AvgIpc) is 2.93. The Kier molecular flexibility index (Phi) is 1.82. The van der Waals surface area contributed by atoms with Gasteiger partial charge in [-0.05, 0) is 40.9 Å². The van der Waals surface area contributed by atoms with E-state index < -0.39 is 0 Å². The predicted molar refractivity (Wildman–Crippen MR) is 61.0 cm³/mol. The van der Waals surface area contributed by atoms with Gasteiger partial charge in [-0.2, -0.15) is 0 Å². The summed E-state index contributed by atoms with van der Waals surface area (Å²) in [5.41, 5.74) is 0.742. The number of rotatable bonds is 1. The maximum absolute atomic E-state index is 9.77. The number of hydrogen-bond donors (Lipinski definition) is 1. The smallest absolute Gasteiger partial charge is 0.156 e. The fourth-order valence-electron chi connectivity index (χ4n) is 1.48. The van der Waals surface area contributed by atoms with Crippen LogP contribution in [0.25, 0.3) is 10.2 Å². The number of phenolic OH excluding ortho intramolecular Hbond substituents is 1. The van der Waals surface area contributed by atoms with Gasteiger partial charge in [-0.1, -0.05) is 0 Å². The number of aromatic hydroxyl groups is 1. The van der Waals surface area contributed by atoms with Crippen molar-refractivity contribution in [3.8, 4) is 5.75 Å². The zero-order valence-corrected chi connectivity index (χ0v) is 9.73. The van der Waals surface area contributed by atoms with E-state index >= 15 is 0 Å². The lowest BCUT2D eigenvalue weighted by molar-refractivity contribution is 0.477. The van der Waals surface area contributed by atoms with Crippen molar-refractivity contribution in [1.29, 1.82) is 0 Å². The maximum atomic E-state index is 9.77. The van der Waals surface area contributed by atoms with Gasteiger partial charge in [0.25, 0.3) is 0 Å². The number of benzene rings is 1. The first-order valence-electron chi connectivity index (χ1n) is 4.53. The van der Waals surface area contributed by atoms with Gasteiger partial charge in [0.2, 0.25) is 0 Å². The van der Waals surface area contributed by atoms with Crippen LogP contribution in [0.3, 0.4) is 0 Å². The second-order valence-corrected chi connectivity index (χ2v) is 5.49. The maximum Gasteiger partial charge on any atom is 0.156 e. The molecule has 1 aromatic heterocycles. The quantitative estimate of drug-likeness (QED) is 0.858. The minimum atomic E-state index is 0.269. The molecule has 3 rings (SSSR count). The van der Waals surface area contributed by atoms with Crippen LogP contribution in [0.1, 0.15) is 23.8 Å². The summed E-state index contributed by atoms with van der Waals surface area (Å²) in [5, 5.41) is 10.9. The second-order valence-electron chi connectivity index (χ2n) is 3.57. The number of hydrogen-bond acceptors (Lipinski definition) is 3. The molecule has 72 valence electrons. The van der Waals surface area contributed by atoms with Gasteiger partial charge in [-0.15, -0.1) is 11.3 Å². The zero-order chi connectivity index (χ0) is 9.71. The largest absolute Gasteiger partial charge is 0.505 e. The molecule has 0 amide bonds. The lowest BCUT2D eigenvalue weighted by atomic mass is 10.3. The highest BCUT2D eigenvalue weighted by Crippen LogP contribution is 2.45. The van der Waals surface area contributed by atoms with Gasteiger partial charge in [0, 0.05) is 5.92 Å². The summed E-state index contributed by atoms with van der Waals surface area (Å²) in [4.78, 5) is 4.47. The number of fused-ring (bicyclic) bond motifs is 1. The van der Waals surface area contributed by atoms with E-state index in [0.29, 0.717) is 5.92 Å². The van der Waals surface area contributed by atoms with Gasteiger partial charge in [0.05, 0.1) is 14.2 Å². The molecule has 1 fully saturated rings. The minimum Gasteiger partial charge on any atom is -0.505 e. The lowest BCUT2D eigenvalue weighted by Gasteiger charge is -1.95. The van der Waals surface area contributed by atoms with E-state index in [0.717, 1.165) is 14.7 Å². The monoisotopic (exact) mass is 269 g/mol. The Morgan fingerprint density at radius 3 is 2.93 bits per heavy atom. The molecule has 2 aromatic rings. The van der Waals surface area contributed by atoms with Crippen molar-refractivity contribution in [1.82, 2.24) is 4.98 Å². The summed E-state index contributed by atoms with van der Waals surface area (Å²) >= 11 is 4.99. The molecule has 4 heteroatoms. The summed E-state index contributed by atoms with van der Waals surface area (Å²) in [5.74, 6) is 0.927. The summed E-state index contributed by atoms with van der Waals surface area (Å²) in [6.07, 6.45) is 2.50. The topological polar surface area (TPSA) is 33.1 Å². The number of aromatic nitrogens is 1. The van der Waals surface area contributed by atoms with Crippen molar-refractivity contribution >= 4 is 37.5 Å². The normalized spacial score (nSPS) is 16.4. The second kappa shape index (κ2) is 2.94. The van der Waals surface area contributed by atoms with Crippen LogP contribution >= 0.6 is 27.3 Å². The van der Waals surface area contributed by atoms with Crippen molar-refractivity contribution in [2.75, 3.05) is 0 Å². The fourth-order valence-corrected chi connectivity index (χ4v) is 2.94. The van der Waals surface area contributed by atoms with Crippen molar-refractivity contribution in [3.05, 3.63) is 21.6 Å². The third-order valence-electron chi connectivity index (χ3n) is 2.43. The van der Waals surface area contributed by atoms with Gasteiger partial charge in [0.15, 0.2) is 5.75 Å². The van der Waals surface area contributed by atoms with Crippen LogP contribution in [-0.4, -0.2) is 10.1 Å². The molecule has 0 unspecified atom stereocenters. The van der Waals surface area contributed by atoms with Crippen LogP contribution in [-0.2, 0) is 0 Å². The van der Waals surface area contributed by atoms with Gasteiger partial charge in [-0.3, -0.25) is 0 Å². The van der Waals surface area contributed by atoms with Crippen molar-refractivity contribution in [2.45, 2.75) is 18.8 Å². The SMILES string of the molecule is Oc1c(Br)ccc2sc(C3CC3)nc12. The molecule has 1 saturated carbocycles. The molecule has 0 aliphatic heterocycles. The van der Waals surface area contributed by atoms with E-state index in [-0.39, 0.29) is 5.75 Å². The molecular weight excluding hydrogens is 262 g/mol. The Labute approximate surface area is 93.7 Å². The van der Waals surface area contributed by atoms with E-state index in [9.17, 15) is 5.11 Å². The minimum absolute atomic E-state index is 0.269. The van der Waals surface area contributed by atoms with Crippen molar-refractivity contribution in [3.63, 3.8) is 0 Å². The van der Waals surface area contributed by atoms with E-state index in [4.69, 9.17) is 0 Å². The molecule has 0 spiro atoms. The summed E-state index contributed by atoms with van der Waals surface area (Å²) in [6, 6.07) is 3.87. The van der Waals surface area contributed by atoms with Crippen LogP contribution < -0.4 is 0 Å². The average molecular weight is 270 g/mol. The van der Waals surface area contributed by atoms with Gasteiger partial charge in [-0.25, -0.2) is 4.98 Å². The van der Waals surface area contributed by atoms with Crippen LogP contribution in [0.15, 0.2) is 16.6 Å². The predicted octanol–water partition coefficient (Wildman–Crippen LogP) is 3.64. The third-order valence-corrected chi connectivity index (χ3v) is 4.25. The molecule has 1 aliphatic carbocycles. The Morgan fingerprint density at radius 2 is 2.21 bits per heavy atom. The standard InChI is InChI=1S/C10H8BrNOS/c11-6-3-4-7-8(9(6)13)12-10(14-7)5-1-2-5/h3-5,13H,1-2H2. The van der Waals surface area contributed by atoms with Gasteiger partial charge in [0.1, 0.15) is 5.52 Å². The molecule has 1 heterocycles. The molecule has 0 saturated heterocycles. The first-order valence-corrected chi connectivity index (χ1v) is 6.14. The lowest BCUT2D eigenvalue weighted by Crippen LogP contribution is -1.76. The van der Waals surface area contributed by atoms with E-state index in [1.165, 1.54) is 17.8 Å². The molecular formula is C10H8BrNOS. The molecule has 14 heavy (non-hydrogen) atoms. The van der Waals surface area contributed by atoms with E-state index in [2.05, 4.69) is 20.9 Å². The van der Waals surface area contributed by atoms with Gasteiger partial charge < -0.3 is 5.11 Å². The van der Waals surface area contributed by atoms with Crippen molar-refractivity contribution in [2.24, 2.45) is 0 Å². The van der Waals surface area contributed by atoms with Gasteiger partial charge >= 0.3 is 0 Å². The summed E-state index contributed by atoms with van der Waals surface area (Å²) in [6.45, 7) is 0. The molecule has 0 atom stereocenters. The molecule has 1 aromatic carbocycles. The van der Waals surface area contributed by atoms with E-state index in [1.807, 2.05) is 12.1 Å². The molecule has 2 nitrogen and oxygen atoms in total. The first-order chi connectivity index (χ1) is 6.75. The highest BCUT2D eigenvalue weighted by molar-refractivity contribution is 9.10. The van der Waals surface area contributed by atoms with Crippen LogP contribution in [0.5, 0.6) is 5.75 Å². The third kappa shape index (κ3) is 1.25. The number of phenols is 1. The summed E-state index contributed by atoms with van der Waals surface area (Å²) < 4.78 is 1.80. The Hall–Kier alpha value is -0.610. The molecule has 1 aliphatic rings. The van der Waals surface area contributed by atoms with Crippen LogP contribution in [0.4, 0.5) is 0 Å². The highest BCUT2D eigenvalue weighted by atomic mass is 79.9. The first kappa shape index (κ1) is 8.68. The summed E-state index contributed by atoms with van der Waals surface area (Å²) in [7, 11) is 0. The Bertz CT molecular complexity index is 504. The van der Waals surface area contributed by atoms with Crippen LogP contribution in [0, 0.1) is 0 Å². The highest BCUT2D eigenvalue weighted by Gasteiger charge is 2.27. The molecule has 0 radical (unpaired) electrons. The number of nitrogens with zero attached hydrogens (tertiary/aromatic N) is 1. The Balaban J connectivity index is 2.26. The van der Waals surface area contributed by atoms with Crippen LogP contribution in [0.2, 0.25) is 0 Å². The number of halogens is 1. The Morgan fingerprint density at radius 1 is 1.43 bits per heavy atom. The fraction of sp³-hybridized carbons (Fsp3) is 0.300. The molecule has 1 N–H and O–H groups in total. The van der Waals surface area contributed by atoms with Crippen molar-refractivity contribution < 1.29 is 5.11 Å². The van der Waals surface area contributed by atoms with E-state index in [1.54, 1.807) is 11.3 Å². The number of thiazole rings is 1. The molecule has 0 bridgehead atoms.